The van der Waals surface area contributed by atoms with Crippen molar-refractivity contribution in [1.29, 1.82) is 0 Å². The van der Waals surface area contributed by atoms with E-state index in [9.17, 15) is 40.5 Å². The third-order valence-corrected chi connectivity index (χ3v) is 5.39. The van der Waals surface area contributed by atoms with Crippen LogP contribution in [0, 0.1) is 0 Å². The van der Waals surface area contributed by atoms with Gasteiger partial charge in [0.05, 0.1) is 13.2 Å². The second-order valence-corrected chi connectivity index (χ2v) is 7.73. The molecule has 0 aliphatic carbocycles. The Morgan fingerprint density at radius 3 is 2.03 bits per heavy atom. The molecular formula is C21H28O12. The first-order valence-corrected chi connectivity index (χ1v) is 10.3. The molecule has 0 spiro atoms. The molecule has 2 fully saturated rings. The Kier molecular flexibility index (Phi) is 8.89. The fourth-order valence-electron chi connectivity index (χ4n) is 3.43. The molecule has 33 heavy (non-hydrogen) atoms. The highest BCUT2D eigenvalue weighted by Crippen LogP contribution is 2.26. The van der Waals surface area contributed by atoms with Gasteiger partial charge in [-0.1, -0.05) is 30.3 Å². The average molecular weight is 472 g/mol. The third kappa shape index (κ3) is 6.13. The smallest absolute Gasteiger partial charge is 0.333 e. The van der Waals surface area contributed by atoms with Gasteiger partial charge in [0.2, 0.25) is 6.29 Å². The minimum atomic E-state index is -1.75. The van der Waals surface area contributed by atoms with Gasteiger partial charge in [-0.15, -0.1) is 0 Å². The maximum absolute atomic E-state index is 12.1. The van der Waals surface area contributed by atoms with Crippen molar-refractivity contribution in [2.24, 2.45) is 0 Å². The Bertz CT molecular complexity index is 787. The summed E-state index contributed by atoms with van der Waals surface area (Å²) in [6, 6.07) is 8.86. The van der Waals surface area contributed by atoms with Gasteiger partial charge in [-0.3, -0.25) is 0 Å². The third-order valence-electron chi connectivity index (χ3n) is 5.39. The first-order valence-electron chi connectivity index (χ1n) is 10.3. The number of ether oxygens (including phenoxy) is 4. The average Bonchev–Trinajstić information content (AvgIpc) is 2.82. The fraction of sp³-hybridized carbons (Fsp3) is 0.571. The number of hydrogen-bond donors (Lipinski definition) is 7. The standard InChI is InChI=1S/C21H28O12/c22-8-11-14(24)16(26)18(28)20(31-11)30-9-12-15(25)17(27)19(29)21(32-12)33-13(23)7-6-10-4-2-1-3-5-10/h1-7,11-12,14-22,24-29H,8-9H2/b7-6+. The maximum Gasteiger partial charge on any atom is 0.333 e. The summed E-state index contributed by atoms with van der Waals surface area (Å²) in [6.45, 7) is -1.19. The van der Waals surface area contributed by atoms with Gasteiger partial charge in [0.25, 0.3) is 0 Å². The number of carbonyl (C=O) groups excluding carboxylic acids is 1. The summed E-state index contributed by atoms with van der Waals surface area (Å²) in [4.78, 5) is 12.1. The van der Waals surface area contributed by atoms with E-state index in [2.05, 4.69) is 0 Å². The van der Waals surface area contributed by atoms with Gasteiger partial charge in [-0.2, -0.15) is 0 Å². The van der Waals surface area contributed by atoms with E-state index in [1.165, 1.54) is 6.08 Å². The fourth-order valence-corrected chi connectivity index (χ4v) is 3.43. The highest BCUT2D eigenvalue weighted by molar-refractivity contribution is 5.87. The van der Waals surface area contributed by atoms with E-state index in [0.29, 0.717) is 0 Å². The maximum atomic E-state index is 12.1. The van der Waals surface area contributed by atoms with E-state index in [4.69, 9.17) is 18.9 Å². The predicted octanol–water partition coefficient (Wildman–Crippen LogP) is -3.13. The molecule has 3 rings (SSSR count). The van der Waals surface area contributed by atoms with Crippen LogP contribution >= 0.6 is 0 Å². The largest absolute Gasteiger partial charge is 0.430 e. The van der Waals surface area contributed by atoms with Crippen LogP contribution in [0.4, 0.5) is 0 Å². The normalized spacial score (nSPS) is 39.5. The molecule has 10 atom stereocenters. The number of hydrogen-bond acceptors (Lipinski definition) is 12. The van der Waals surface area contributed by atoms with Crippen molar-refractivity contribution in [3.63, 3.8) is 0 Å². The van der Waals surface area contributed by atoms with Crippen molar-refractivity contribution < 1.29 is 59.5 Å². The van der Waals surface area contributed by atoms with Crippen LogP contribution in [0.1, 0.15) is 5.56 Å². The van der Waals surface area contributed by atoms with E-state index < -0.39 is 80.6 Å². The van der Waals surface area contributed by atoms with Crippen molar-refractivity contribution in [3.8, 4) is 0 Å². The molecule has 2 saturated heterocycles. The number of aliphatic hydroxyl groups is 7. The lowest BCUT2D eigenvalue weighted by atomic mass is 9.98. The minimum absolute atomic E-state index is 0.526. The zero-order valence-corrected chi connectivity index (χ0v) is 17.4. The lowest BCUT2D eigenvalue weighted by Gasteiger charge is -2.42. The molecule has 1 aromatic carbocycles. The van der Waals surface area contributed by atoms with Crippen LogP contribution in [0.2, 0.25) is 0 Å². The van der Waals surface area contributed by atoms with Gasteiger partial charge in [-0.05, 0) is 11.6 Å². The summed E-state index contributed by atoms with van der Waals surface area (Å²) in [5, 5.41) is 69.3. The van der Waals surface area contributed by atoms with Crippen LogP contribution < -0.4 is 0 Å². The summed E-state index contributed by atoms with van der Waals surface area (Å²) < 4.78 is 20.9. The van der Waals surface area contributed by atoms with Gasteiger partial charge in [0, 0.05) is 6.08 Å². The van der Waals surface area contributed by atoms with Crippen LogP contribution in [0.15, 0.2) is 36.4 Å². The molecule has 12 nitrogen and oxygen atoms in total. The van der Waals surface area contributed by atoms with Crippen molar-refractivity contribution in [2.75, 3.05) is 13.2 Å². The molecule has 184 valence electrons. The molecule has 2 aliphatic heterocycles. The molecule has 0 saturated carbocycles. The molecule has 1 aromatic rings. The summed E-state index contributed by atoms with van der Waals surface area (Å²) in [7, 11) is 0. The first kappa shape index (κ1) is 25.6. The Balaban J connectivity index is 1.59. The highest BCUT2D eigenvalue weighted by atomic mass is 16.7. The Morgan fingerprint density at radius 2 is 1.39 bits per heavy atom. The molecule has 7 N–H and O–H groups in total. The number of carbonyl (C=O) groups is 1. The van der Waals surface area contributed by atoms with Crippen molar-refractivity contribution in [2.45, 2.75) is 61.4 Å². The van der Waals surface area contributed by atoms with Crippen LogP contribution in [-0.2, 0) is 23.7 Å². The Morgan fingerprint density at radius 1 is 0.818 bits per heavy atom. The Labute approximate surface area is 188 Å². The number of rotatable bonds is 7. The lowest BCUT2D eigenvalue weighted by Crippen LogP contribution is -2.61. The predicted molar refractivity (Wildman–Crippen MR) is 108 cm³/mol. The number of benzene rings is 1. The van der Waals surface area contributed by atoms with Crippen molar-refractivity contribution in [3.05, 3.63) is 42.0 Å². The van der Waals surface area contributed by atoms with E-state index in [1.54, 1.807) is 30.3 Å². The van der Waals surface area contributed by atoms with E-state index in [1.807, 2.05) is 0 Å². The van der Waals surface area contributed by atoms with Gasteiger partial charge in [-0.25, -0.2) is 4.79 Å². The van der Waals surface area contributed by atoms with Crippen LogP contribution in [0.5, 0.6) is 0 Å². The summed E-state index contributed by atoms with van der Waals surface area (Å²) in [5.74, 6) is -0.875. The molecular weight excluding hydrogens is 444 g/mol. The van der Waals surface area contributed by atoms with Gasteiger partial charge < -0.3 is 54.7 Å². The number of esters is 1. The monoisotopic (exact) mass is 472 g/mol. The first-order chi connectivity index (χ1) is 15.7. The van der Waals surface area contributed by atoms with Gasteiger partial charge in [0.15, 0.2) is 6.29 Å². The van der Waals surface area contributed by atoms with Crippen LogP contribution in [0.25, 0.3) is 6.08 Å². The lowest BCUT2D eigenvalue weighted by molar-refractivity contribution is -0.326. The minimum Gasteiger partial charge on any atom is -0.430 e. The van der Waals surface area contributed by atoms with E-state index >= 15 is 0 Å². The Hall–Kier alpha value is -1.97. The van der Waals surface area contributed by atoms with Crippen LogP contribution in [0.3, 0.4) is 0 Å². The second kappa shape index (κ2) is 11.4. The molecule has 10 unspecified atom stereocenters. The molecule has 12 heteroatoms. The van der Waals surface area contributed by atoms with E-state index in [0.717, 1.165) is 11.6 Å². The molecule has 0 amide bonds. The molecule has 2 aliphatic rings. The zero-order valence-electron chi connectivity index (χ0n) is 17.4. The summed E-state index contributed by atoms with van der Waals surface area (Å²) in [5.41, 5.74) is 0.723. The topological polar surface area (TPSA) is 196 Å². The van der Waals surface area contributed by atoms with Crippen molar-refractivity contribution in [1.82, 2.24) is 0 Å². The second-order valence-electron chi connectivity index (χ2n) is 7.73. The van der Waals surface area contributed by atoms with Crippen molar-refractivity contribution >= 4 is 12.0 Å². The van der Waals surface area contributed by atoms with Gasteiger partial charge in [0.1, 0.15) is 48.8 Å². The number of aliphatic hydroxyl groups excluding tert-OH is 7. The molecule has 0 bridgehead atoms. The quantitative estimate of drug-likeness (QED) is 0.156. The van der Waals surface area contributed by atoms with Crippen LogP contribution in [-0.4, -0.2) is 116 Å². The molecule has 0 radical (unpaired) electrons. The molecule has 2 heterocycles. The molecule has 0 aromatic heterocycles. The zero-order chi connectivity index (χ0) is 24.1. The highest BCUT2D eigenvalue weighted by Gasteiger charge is 2.48. The van der Waals surface area contributed by atoms with Gasteiger partial charge >= 0.3 is 5.97 Å². The SMILES string of the molecule is O=C(/C=C/c1ccccc1)OC1OC(COC2OC(CO)C(O)C(O)C2O)C(O)C(O)C1O. The summed E-state index contributed by atoms with van der Waals surface area (Å²) in [6.07, 6.45) is -13.2. The summed E-state index contributed by atoms with van der Waals surface area (Å²) >= 11 is 0. The van der Waals surface area contributed by atoms with E-state index in [-0.39, 0.29) is 0 Å².